The average molecular weight is 228 g/mol. The minimum Gasteiger partial charge on any atom is -0.481 e. The molecule has 1 saturated carbocycles. The number of aliphatic carboxylic acids is 1. The lowest BCUT2D eigenvalue weighted by molar-refractivity contribution is -0.138. The van der Waals surface area contributed by atoms with Crippen LogP contribution >= 0.6 is 11.8 Å². The maximum Gasteiger partial charge on any atom is 0.307 e. The van der Waals surface area contributed by atoms with E-state index in [1.807, 2.05) is 0 Å². The van der Waals surface area contributed by atoms with Crippen molar-refractivity contribution in [1.29, 1.82) is 0 Å². The van der Waals surface area contributed by atoms with E-state index < -0.39 is 5.97 Å². The molecule has 0 aliphatic heterocycles. The standard InChI is InChI=1S/C9H12N2O3S/c1-2-15-4-7-10-8(14-11-7)5-3-6(5)9(12)13/h5-6H,2-4H2,1H3,(H,12,13). The normalized spacial score (nSPS) is 24.1. The molecule has 0 bridgehead atoms. The van der Waals surface area contributed by atoms with Gasteiger partial charge in [0, 0.05) is 0 Å². The Balaban J connectivity index is 1.94. The third-order valence-electron chi connectivity index (χ3n) is 2.34. The third kappa shape index (κ3) is 2.31. The number of nitrogens with zero attached hydrogens (tertiary/aromatic N) is 2. The fourth-order valence-corrected chi connectivity index (χ4v) is 1.91. The average Bonchev–Trinajstić information content (AvgIpc) is 2.89. The molecule has 0 amide bonds. The Morgan fingerprint density at radius 3 is 3.13 bits per heavy atom. The number of thioether (sulfide) groups is 1. The molecule has 0 spiro atoms. The van der Waals surface area contributed by atoms with Crippen LogP contribution in [0.4, 0.5) is 0 Å². The lowest BCUT2D eigenvalue weighted by Crippen LogP contribution is -1.99. The molecule has 6 heteroatoms. The van der Waals surface area contributed by atoms with Crippen molar-refractivity contribution in [3.63, 3.8) is 0 Å². The molecule has 1 heterocycles. The van der Waals surface area contributed by atoms with Gasteiger partial charge in [-0.1, -0.05) is 12.1 Å². The largest absolute Gasteiger partial charge is 0.481 e. The van der Waals surface area contributed by atoms with Crippen LogP contribution in [0.2, 0.25) is 0 Å². The van der Waals surface area contributed by atoms with Crippen LogP contribution in [0.25, 0.3) is 0 Å². The van der Waals surface area contributed by atoms with E-state index in [2.05, 4.69) is 17.1 Å². The van der Waals surface area contributed by atoms with E-state index in [9.17, 15) is 4.79 Å². The first kappa shape index (κ1) is 10.5. The predicted molar refractivity (Wildman–Crippen MR) is 54.6 cm³/mol. The van der Waals surface area contributed by atoms with Gasteiger partial charge in [-0.15, -0.1) is 0 Å². The van der Waals surface area contributed by atoms with Gasteiger partial charge >= 0.3 is 5.97 Å². The summed E-state index contributed by atoms with van der Waals surface area (Å²) < 4.78 is 5.03. The molecule has 82 valence electrons. The SMILES string of the molecule is CCSCc1noc(C2CC2C(=O)O)n1. The zero-order chi connectivity index (χ0) is 10.8. The van der Waals surface area contributed by atoms with Gasteiger partial charge in [0.1, 0.15) is 0 Å². The Morgan fingerprint density at radius 1 is 1.73 bits per heavy atom. The van der Waals surface area contributed by atoms with Crippen molar-refractivity contribution >= 4 is 17.7 Å². The van der Waals surface area contributed by atoms with Crippen LogP contribution in [0.1, 0.15) is 31.0 Å². The first-order valence-electron chi connectivity index (χ1n) is 4.85. The molecule has 1 fully saturated rings. The van der Waals surface area contributed by atoms with Crippen molar-refractivity contribution in [2.45, 2.75) is 25.0 Å². The summed E-state index contributed by atoms with van der Waals surface area (Å²) in [6, 6.07) is 0. The summed E-state index contributed by atoms with van der Waals surface area (Å²) >= 11 is 1.71. The molecule has 2 atom stereocenters. The highest BCUT2D eigenvalue weighted by Gasteiger charge is 2.48. The molecule has 1 aliphatic rings. The van der Waals surface area contributed by atoms with Gasteiger partial charge in [0.15, 0.2) is 5.82 Å². The summed E-state index contributed by atoms with van der Waals surface area (Å²) in [5.74, 6) is 1.72. The van der Waals surface area contributed by atoms with Crippen LogP contribution in [-0.2, 0) is 10.5 Å². The van der Waals surface area contributed by atoms with Crippen molar-refractivity contribution in [2.75, 3.05) is 5.75 Å². The van der Waals surface area contributed by atoms with Crippen molar-refractivity contribution < 1.29 is 14.4 Å². The Hall–Kier alpha value is -1.04. The summed E-state index contributed by atoms with van der Waals surface area (Å²) in [5.41, 5.74) is 0. The monoisotopic (exact) mass is 228 g/mol. The van der Waals surface area contributed by atoms with Gasteiger partial charge in [-0.3, -0.25) is 4.79 Å². The molecular weight excluding hydrogens is 216 g/mol. The van der Waals surface area contributed by atoms with E-state index in [0.29, 0.717) is 18.1 Å². The van der Waals surface area contributed by atoms with E-state index in [1.165, 1.54) is 0 Å². The van der Waals surface area contributed by atoms with E-state index in [0.717, 1.165) is 11.5 Å². The van der Waals surface area contributed by atoms with Crippen LogP contribution < -0.4 is 0 Å². The summed E-state index contributed by atoms with van der Waals surface area (Å²) in [5, 5.41) is 12.5. The lowest BCUT2D eigenvalue weighted by Gasteiger charge is -1.88. The Labute approximate surface area is 91.2 Å². The summed E-state index contributed by atoms with van der Waals surface area (Å²) in [4.78, 5) is 14.8. The number of hydrogen-bond donors (Lipinski definition) is 1. The molecule has 0 saturated heterocycles. The first-order valence-corrected chi connectivity index (χ1v) is 6.01. The zero-order valence-electron chi connectivity index (χ0n) is 8.34. The van der Waals surface area contributed by atoms with Gasteiger partial charge in [-0.2, -0.15) is 16.7 Å². The third-order valence-corrected chi connectivity index (χ3v) is 3.21. The fraction of sp³-hybridized carbons (Fsp3) is 0.667. The number of carboxylic acid groups (broad SMARTS) is 1. The van der Waals surface area contributed by atoms with Crippen molar-refractivity contribution in [3.05, 3.63) is 11.7 Å². The van der Waals surface area contributed by atoms with Crippen molar-refractivity contribution in [1.82, 2.24) is 10.1 Å². The Kier molecular flexibility index (Phi) is 2.95. The maximum atomic E-state index is 10.6. The maximum absolute atomic E-state index is 10.6. The summed E-state index contributed by atoms with van der Waals surface area (Å²) in [6.07, 6.45) is 0.623. The molecule has 1 aromatic heterocycles. The van der Waals surface area contributed by atoms with Crippen LogP contribution in [0.15, 0.2) is 4.52 Å². The molecule has 5 nitrogen and oxygen atoms in total. The van der Waals surface area contributed by atoms with Crippen molar-refractivity contribution in [2.24, 2.45) is 5.92 Å². The lowest BCUT2D eigenvalue weighted by atomic mass is 10.3. The quantitative estimate of drug-likeness (QED) is 0.823. The Bertz CT molecular complexity index is 366. The molecule has 0 radical (unpaired) electrons. The van der Waals surface area contributed by atoms with Crippen LogP contribution in [0.3, 0.4) is 0 Å². The minimum absolute atomic E-state index is 0.0598. The van der Waals surface area contributed by atoms with Crippen molar-refractivity contribution in [3.8, 4) is 0 Å². The van der Waals surface area contributed by atoms with Gasteiger partial charge in [-0.05, 0) is 12.2 Å². The summed E-state index contributed by atoms with van der Waals surface area (Å²) in [7, 11) is 0. The molecule has 15 heavy (non-hydrogen) atoms. The molecule has 2 rings (SSSR count). The van der Waals surface area contributed by atoms with Crippen LogP contribution in [0, 0.1) is 5.92 Å². The van der Waals surface area contributed by atoms with Crippen LogP contribution in [0.5, 0.6) is 0 Å². The molecule has 0 aromatic carbocycles. The van der Waals surface area contributed by atoms with Crippen LogP contribution in [-0.4, -0.2) is 27.0 Å². The smallest absolute Gasteiger partial charge is 0.307 e. The van der Waals surface area contributed by atoms with E-state index in [-0.39, 0.29) is 11.8 Å². The molecule has 2 unspecified atom stereocenters. The molecule has 1 aromatic rings. The van der Waals surface area contributed by atoms with E-state index >= 15 is 0 Å². The number of hydrogen-bond acceptors (Lipinski definition) is 5. The highest BCUT2D eigenvalue weighted by atomic mass is 32.2. The van der Waals surface area contributed by atoms with Gasteiger partial charge in [0.25, 0.3) is 0 Å². The number of carbonyl (C=O) groups is 1. The Morgan fingerprint density at radius 2 is 2.53 bits per heavy atom. The highest BCUT2D eigenvalue weighted by Crippen LogP contribution is 2.46. The minimum atomic E-state index is -0.775. The van der Waals surface area contributed by atoms with Gasteiger partial charge in [-0.25, -0.2) is 0 Å². The predicted octanol–water partition coefficient (Wildman–Crippen LogP) is 1.51. The van der Waals surface area contributed by atoms with Gasteiger partial charge in [0.05, 0.1) is 17.6 Å². The fourth-order valence-electron chi connectivity index (χ4n) is 1.41. The topological polar surface area (TPSA) is 76.2 Å². The molecular formula is C9H12N2O3S. The molecule has 1 N–H and O–H groups in total. The van der Waals surface area contributed by atoms with Gasteiger partial charge < -0.3 is 9.63 Å². The number of carboxylic acids is 1. The molecule has 1 aliphatic carbocycles. The second-order valence-electron chi connectivity index (χ2n) is 3.47. The zero-order valence-corrected chi connectivity index (χ0v) is 9.16. The van der Waals surface area contributed by atoms with Gasteiger partial charge in [0.2, 0.25) is 5.89 Å². The van der Waals surface area contributed by atoms with E-state index in [1.54, 1.807) is 11.8 Å². The second kappa shape index (κ2) is 4.22. The highest BCUT2D eigenvalue weighted by molar-refractivity contribution is 7.98. The first-order chi connectivity index (χ1) is 7.22. The number of aromatic nitrogens is 2. The van der Waals surface area contributed by atoms with E-state index in [4.69, 9.17) is 9.63 Å². The number of rotatable bonds is 5. The summed E-state index contributed by atoms with van der Waals surface area (Å²) in [6.45, 7) is 2.06. The second-order valence-corrected chi connectivity index (χ2v) is 4.75.